The normalized spacial score (nSPS) is 18.7. The summed E-state index contributed by atoms with van der Waals surface area (Å²) in [6, 6.07) is 8.07. The molecule has 5 nitrogen and oxygen atoms in total. The Bertz CT molecular complexity index is 649. The maximum absolute atomic E-state index is 13.0. The van der Waals surface area contributed by atoms with Gasteiger partial charge in [-0.2, -0.15) is 0 Å². The van der Waals surface area contributed by atoms with Crippen molar-refractivity contribution < 1.29 is 14.3 Å². The first kappa shape index (κ1) is 21.3. The van der Waals surface area contributed by atoms with Crippen molar-refractivity contribution in [1.82, 2.24) is 9.80 Å². The molecular weight excluding hydrogens is 340 g/mol. The number of piperidine rings is 1. The van der Waals surface area contributed by atoms with Crippen molar-refractivity contribution in [3.63, 3.8) is 0 Å². The van der Waals surface area contributed by atoms with Crippen molar-refractivity contribution in [2.24, 2.45) is 11.3 Å². The van der Waals surface area contributed by atoms with Gasteiger partial charge in [-0.15, -0.1) is 0 Å². The number of rotatable bonds is 5. The number of likely N-dealkylation sites (tertiary alicyclic amines) is 1. The lowest BCUT2D eigenvalue weighted by Gasteiger charge is -2.38. The predicted octanol–water partition coefficient (Wildman–Crippen LogP) is 3.37. The van der Waals surface area contributed by atoms with Crippen LogP contribution < -0.4 is 4.74 Å². The molecule has 2 atom stereocenters. The Morgan fingerprint density at radius 3 is 2.44 bits per heavy atom. The Hall–Kier alpha value is -2.04. The van der Waals surface area contributed by atoms with E-state index in [9.17, 15) is 9.59 Å². The van der Waals surface area contributed by atoms with Crippen LogP contribution in [-0.2, 0) is 16.0 Å². The molecular formula is C22H34N2O3. The highest BCUT2D eigenvalue weighted by atomic mass is 16.5. The number of amides is 2. The summed E-state index contributed by atoms with van der Waals surface area (Å²) in [6.45, 7) is 9.17. The maximum Gasteiger partial charge on any atom is 0.227 e. The van der Waals surface area contributed by atoms with E-state index in [0.717, 1.165) is 31.6 Å². The molecule has 0 N–H and O–H groups in total. The Labute approximate surface area is 163 Å². The molecule has 0 bridgehead atoms. The molecule has 0 aliphatic carbocycles. The number of ether oxygens (including phenoxy) is 1. The van der Waals surface area contributed by atoms with E-state index in [1.165, 1.54) is 5.56 Å². The van der Waals surface area contributed by atoms with E-state index in [1.54, 1.807) is 7.11 Å². The highest BCUT2D eigenvalue weighted by molar-refractivity contribution is 5.84. The molecule has 5 heteroatoms. The molecule has 2 amide bonds. The smallest absolute Gasteiger partial charge is 0.227 e. The van der Waals surface area contributed by atoms with Crippen LogP contribution in [0.1, 0.15) is 46.1 Å². The van der Waals surface area contributed by atoms with Gasteiger partial charge < -0.3 is 14.5 Å². The molecule has 2 rings (SSSR count). The first-order valence-electron chi connectivity index (χ1n) is 9.82. The van der Waals surface area contributed by atoms with Crippen molar-refractivity contribution in [2.45, 2.75) is 53.0 Å². The molecule has 1 fully saturated rings. The van der Waals surface area contributed by atoms with Gasteiger partial charge in [0, 0.05) is 31.6 Å². The lowest BCUT2D eigenvalue weighted by atomic mass is 9.90. The van der Waals surface area contributed by atoms with Crippen LogP contribution in [-0.4, -0.2) is 54.9 Å². The standard InChI is InChI=1S/C22H34N2O3/c1-16(14-17-9-11-19(27-6)12-10-17)23(5)20(25)18-8-7-13-24(15-18)21(26)22(2,3)4/h9-12,16,18H,7-8,13-15H2,1-6H3/t16-,18-/m1/s1. The first-order valence-corrected chi connectivity index (χ1v) is 9.82. The second kappa shape index (κ2) is 8.77. The average Bonchev–Trinajstić information content (AvgIpc) is 2.66. The van der Waals surface area contributed by atoms with E-state index in [4.69, 9.17) is 4.74 Å². The fourth-order valence-electron chi connectivity index (χ4n) is 3.58. The van der Waals surface area contributed by atoms with E-state index in [-0.39, 0.29) is 23.8 Å². The quantitative estimate of drug-likeness (QED) is 0.794. The molecule has 1 heterocycles. The number of benzene rings is 1. The summed E-state index contributed by atoms with van der Waals surface area (Å²) < 4.78 is 5.20. The molecule has 0 unspecified atom stereocenters. The summed E-state index contributed by atoms with van der Waals surface area (Å²) in [4.78, 5) is 29.3. The van der Waals surface area contributed by atoms with Crippen LogP contribution in [0.2, 0.25) is 0 Å². The molecule has 27 heavy (non-hydrogen) atoms. The van der Waals surface area contributed by atoms with Crippen molar-refractivity contribution >= 4 is 11.8 Å². The number of nitrogens with zero attached hydrogens (tertiary/aromatic N) is 2. The van der Waals surface area contributed by atoms with Crippen LogP contribution in [0.4, 0.5) is 0 Å². The fraction of sp³-hybridized carbons (Fsp3) is 0.636. The summed E-state index contributed by atoms with van der Waals surface area (Å²) in [5.74, 6) is 1.01. The molecule has 1 aromatic rings. The van der Waals surface area contributed by atoms with Crippen molar-refractivity contribution in [2.75, 3.05) is 27.2 Å². The van der Waals surface area contributed by atoms with Gasteiger partial charge >= 0.3 is 0 Å². The second-order valence-corrected chi connectivity index (χ2v) is 8.69. The summed E-state index contributed by atoms with van der Waals surface area (Å²) in [5.41, 5.74) is 0.773. The van der Waals surface area contributed by atoms with Gasteiger partial charge in [0.1, 0.15) is 5.75 Å². The summed E-state index contributed by atoms with van der Waals surface area (Å²) in [7, 11) is 3.53. The zero-order valence-electron chi connectivity index (χ0n) is 17.6. The van der Waals surface area contributed by atoms with Gasteiger partial charge in [-0.3, -0.25) is 9.59 Å². The van der Waals surface area contributed by atoms with Crippen molar-refractivity contribution in [3.05, 3.63) is 29.8 Å². The second-order valence-electron chi connectivity index (χ2n) is 8.69. The van der Waals surface area contributed by atoms with Crippen LogP contribution in [0.25, 0.3) is 0 Å². The van der Waals surface area contributed by atoms with Crippen LogP contribution >= 0.6 is 0 Å². The van der Waals surface area contributed by atoms with Gasteiger partial charge in [-0.1, -0.05) is 32.9 Å². The summed E-state index contributed by atoms with van der Waals surface area (Å²) in [6.07, 6.45) is 2.54. The maximum atomic E-state index is 13.0. The van der Waals surface area contributed by atoms with Gasteiger partial charge in [0.2, 0.25) is 11.8 Å². The molecule has 0 spiro atoms. The van der Waals surface area contributed by atoms with Crippen LogP contribution in [0.15, 0.2) is 24.3 Å². The Kier molecular flexibility index (Phi) is 6.90. The minimum atomic E-state index is -0.404. The number of carbonyl (C=O) groups is 2. The molecule has 1 aliphatic rings. The average molecular weight is 375 g/mol. The molecule has 1 saturated heterocycles. The number of methoxy groups -OCH3 is 1. The molecule has 1 aliphatic heterocycles. The van der Waals surface area contributed by atoms with Crippen molar-refractivity contribution in [1.29, 1.82) is 0 Å². The zero-order chi connectivity index (χ0) is 20.2. The number of hydrogen-bond acceptors (Lipinski definition) is 3. The lowest BCUT2D eigenvalue weighted by molar-refractivity contribution is -0.145. The first-order chi connectivity index (χ1) is 12.6. The van der Waals surface area contributed by atoms with Crippen LogP contribution in [0.3, 0.4) is 0 Å². The van der Waals surface area contributed by atoms with E-state index in [0.29, 0.717) is 6.54 Å². The van der Waals surface area contributed by atoms with E-state index in [1.807, 2.05) is 61.9 Å². The Morgan fingerprint density at radius 2 is 1.89 bits per heavy atom. The molecule has 0 radical (unpaired) electrons. The van der Waals surface area contributed by atoms with Crippen LogP contribution in [0.5, 0.6) is 5.75 Å². The van der Waals surface area contributed by atoms with Gasteiger partial charge in [0.25, 0.3) is 0 Å². The third-order valence-corrected chi connectivity index (χ3v) is 5.40. The summed E-state index contributed by atoms with van der Waals surface area (Å²) >= 11 is 0. The SMILES string of the molecule is COc1ccc(C[C@@H](C)N(C)C(=O)[C@@H]2CCCN(C(=O)C(C)(C)C)C2)cc1. The highest BCUT2D eigenvalue weighted by Gasteiger charge is 2.35. The largest absolute Gasteiger partial charge is 0.497 e. The van der Waals surface area contributed by atoms with Gasteiger partial charge in [0.15, 0.2) is 0 Å². The highest BCUT2D eigenvalue weighted by Crippen LogP contribution is 2.25. The summed E-state index contributed by atoms with van der Waals surface area (Å²) in [5, 5.41) is 0. The topological polar surface area (TPSA) is 49.9 Å². The van der Waals surface area contributed by atoms with Gasteiger partial charge in [-0.25, -0.2) is 0 Å². The Morgan fingerprint density at radius 1 is 1.26 bits per heavy atom. The predicted molar refractivity (Wildman–Crippen MR) is 108 cm³/mol. The number of carbonyl (C=O) groups excluding carboxylic acids is 2. The fourth-order valence-corrected chi connectivity index (χ4v) is 3.58. The Balaban J connectivity index is 1.97. The lowest BCUT2D eigenvalue weighted by Crippen LogP contribution is -2.50. The molecule has 0 saturated carbocycles. The van der Waals surface area contributed by atoms with E-state index < -0.39 is 5.41 Å². The van der Waals surface area contributed by atoms with Gasteiger partial charge in [-0.05, 0) is 43.9 Å². The number of likely N-dealkylation sites (N-methyl/N-ethyl adjacent to an activating group) is 1. The van der Waals surface area contributed by atoms with E-state index >= 15 is 0 Å². The third kappa shape index (κ3) is 5.47. The minimum Gasteiger partial charge on any atom is -0.497 e. The van der Waals surface area contributed by atoms with Crippen LogP contribution in [0, 0.1) is 11.3 Å². The zero-order valence-corrected chi connectivity index (χ0v) is 17.6. The molecule has 150 valence electrons. The van der Waals surface area contributed by atoms with Crippen molar-refractivity contribution in [3.8, 4) is 5.75 Å². The van der Waals surface area contributed by atoms with Gasteiger partial charge in [0.05, 0.1) is 13.0 Å². The third-order valence-electron chi connectivity index (χ3n) is 5.40. The van der Waals surface area contributed by atoms with E-state index in [2.05, 4.69) is 6.92 Å². The molecule has 1 aromatic carbocycles. The minimum absolute atomic E-state index is 0.0968. The molecule has 0 aromatic heterocycles. The number of hydrogen-bond donors (Lipinski definition) is 0. The monoisotopic (exact) mass is 374 g/mol.